The lowest BCUT2D eigenvalue weighted by molar-refractivity contribution is 0.452. The molecule has 2 N–H and O–H groups in total. The summed E-state index contributed by atoms with van der Waals surface area (Å²) in [4.78, 5) is 4.37. The van der Waals surface area contributed by atoms with Gasteiger partial charge in [-0.15, -0.1) is 0 Å². The smallest absolute Gasteiger partial charge is 0.242 e. The highest BCUT2D eigenvalue weighted by atomic mass is 79.9. The molecule has 0 atom stereocenters. The molecule has 4 nitrogen and oxygen atoms in total. The second-order valence-electron chi connectivity index (χ2n) is 4.17. The molecular weight excluding hydrogens is 325 g/mol. The van der Waals surface area contributed by atoms with Gasteiger partial charge >= 0.3 is 0 Å². The van der Waals surface area contributed by atoms with Crippen LogP contribution in [0.2, 0.25) is 0 Å². The van der Waals surface area contributed by atoms with E-state index < -0.39 is 0 Å². The molecule has 0 bridgehead atoms. The van der Waals surface area contributed by atoms with Crippen molar-refractivity contribution < 1.29 is 9.13 Å². The molecule has 6 heteroatoms. The summed E-state index contributed by atoms with van der Waals surface area (Å²) in [7, 11) is 0. The fraction of sp³-hybridized carbons (Fsp3) is 0.0714. The van der Waals surface area contributed by atoms with E-state index in [0.29, 0.717) is 16.1 Å². The van der Waals surface area contributed by atoms with Crippen LogP contribution in [-0.4, -0.2) is 9.38 Å². The topological polar surface area (TPSA) is 52.5 Å². The van der Waals surface area contributed by atoms with E-state index in [1.165, 1.54) is 12.1 Å². The molecule has 0 saturated carbocycles. The van der Waals surface area contributed by atoms with E-state index in [2.05, 4.69) is 20.9 Å². The van der Waals surface area contributed by atoms with Gasteiger partial charge in [-0.25, -0.2) is 4.39 Å². The summed E-state index contributed by atoms with van der Waals surface area (Å²) < 4.78 is 21.5. The summed E-state index contributed by atoms with van der Waals surface area (Å²) in [6.45, 7) is 0.271. The Morgan fingerprint density at radius 1 is 1.30 bits per heavy atom. The van der Waals surface area contributed by atoms with E-state index in [-0.39, 0.29) is 12.4 Å². The third-order valence-corrected chi connectivity index (χ3v) is 3.54. The zero-order chi connectivity index (χ0) is 14.1. The summed E-state index contributed by atoms with van der Waals surface area (Å²) in [5.74, 6) is 0.370. The van der Waals surface area contributed by atoms with E-state index >= 15 is 0 Å². The van der Waals surface area contributed by atoms with Gasteiger partial charge < -0.3 is 10.5 Å². The Bertz CT molecular complexity index is 772. The van der Waals surface area contributed by atoms with Crippen molar-refractivity contribution in [2.75, 3.05) is 0 Å². The van der Waals surface area contributed by atoms with Crippen molar-refractivity contribution in [2.45, 2.75) is 6.54 Å². The highest BCUT2D eigenvalue weighted by Crippen LogP contribution is 2.31. The van der Waals surface area contributed by atoms with Gasteiger partial charge in [0.2, 0.25) is 5.88 Å². The van der Waals surface area contributed by atoms with Crippen LogP contribution in [0.3, 0.4) is 0 Å². The number of nitrogens with zero attached hydrogens (tertiary/aromatic N) is 2. The summed E-state index contributed by atoms with van der Waals surface area (Å²) >= 11 is 3.32. The number of imidazole rings is 1. The maximum Gasteiger partial charge on any atom is 0.242 e. The number of aromatic nitrogens is 2. The summed E-state index contributed by atoms with van der Waals surface area (Å²) in [5.41, 5.74) is 7.22. The van der Waals surface area contributed by atoms with Crippen LogP contribution in [0.5, 0.6) is 11.6 Å². The molecule has 102 valence electrons. The molecule has 1 aromatic carbocycles. The van der Waals surface area contributed by atoms with E-state index in [1.807, 2.05) is 28.8 Å². The highest BCUT2D eigenvalue weighted by molar-refractivity contribution is 9.10. The Morgan fingerprint density at radius 3 is 2.95 bits per heavy atom. The molecule has 0 aliphatic rings. The number of fused-ring (bicyclic) bond motifs is 1. The number of hydrogen-bond acceptors (Lipinski definition) is 3. The van der Waals surface area contributed by atoms with Crippen molar-refractivity contribution in [3.63, 3.8) is 0 Å². The van der Waals surface area contributed by atoms with Gasteiger partial charge in [0.25, 0.3) is 0 Å². The highest BCUT2D eigenvalue weighted by Gasteiger charge is 2.14. The molecule has 0 fully saturated rings. The molecule has 0 aliphatic carbocycles. The minimum atomic E-state index is -0.374. The third-order valence-electron chi connectivity index (χ3n) is 2.89. The van der Waals surface area contributed by atoms with Gasteiger partial charge in [0.05, 0.1) is 4.47 Å². The van der Waals surface area contributed by atoms with Crippen molar-refractivity contribution >= 4 is 21.6 Å². The summed E-state index contributed by atoms with van der Waals surface area (Å²) in [6, 6.07) is 9.86. The lowest BCUT2D eigenvalue weighted by atomic mass is 10.3. The Morgan fingerprint density at radius 2 is 2.15 bits per heavy atom. The fourth-order valence-electron chi connectivity index (χ4n) is 1.95. The van der Waals surface area contributed by atoms with Crippen LogP contribution >= 0.6 is 15.9 Å². The Hall–Kier alpha value is -1.92. The fourth-order valence-corrected chi connectivity index (χ4v) is 2.28. The van der Waals surface area contributed by atoms with Crippen molar-refractivity contribution in [3.8, 4) is 11.6 Å². The first-order valence-corrected chi connectivity index (χ1v) is 6.77. The largest absolute Gasteiger partial charge is 0.436 e. The molecule has 2 aromatic heterocycles. The lowest BCUT2D eigenvalue weighted by Crippen LogP contribution is -2.02. The average molecular weight is 336 g/mol. The van der Waals surface area contributed by atoms with Crippen LogP contribution in [0.15, 0.2) is 47.1 Å². The normalized spacial score (nSPS) is 10.9. The Balaban J connectivity index is 2.08. The average Bonchev–Trinajstić information content (AvgIpc) is 2.80. The number of rotatable bonds is 3. The molecule has 0 saturated heterocycles. The number of nitrogens with two attached hydrogens (primary N) is 1. The third kappa shape index (κ3) is 2.28. The zero-order valence-corrected chi connectivity index (χ0v) is 12.0. The van der Waals surface area contributed by atoms with E-state index in [0.717, 1.165) is 11.3 Å². The first-order valence-electron chi connectivity index (χ1n) is 5.98. The SMILES string of the molecule is NCc1c(Oc2cc(F)ccc2Br)nc2ccccn12. The maximum atomic E-state index is 13.3. The Labute approximate surface area is 123 Å². The lowest BCUT2D eigenvalue weighted by Gasteiger charge is -2.07. The molecule has 0 unspecified atom stereocenters. The number of halogens is 2. The molecule has 0 aliphatic heterocycles. The first kappa shape index (κ1) is 13.1. The number of pyridine rings is 1. The van der Waals surface area contributed by atoms with Crippen molar-refractivity contribution in [1.29, 1.82) is 0 Å². The van der Waals surface area contributed by atoms with Gasteiger partial charge in [-0.2, -0.15) is 4.98 Å². The predicted molar refractivity (Wildman–Crippen MR) is 77.3 cm³/mol. The summed E-state index contributed by atoms with van der Waals surface area (Å²) in [6.07, 6.45) is 1.86. The van der Waals surface area contributed by atoms with Gasteiger partial charge in [0, 0.05) is 18.8 Å². The number of benzene rings is 1. The van der Waals surface area contributed by atoms with E-state index in [4.69, 9.17) is 10.5 Å². The number of hydrogen-bond donors (Lipinski definition) is 1. The molecule has 2 heterocycles. The first-order chi connectivity index (χ1) is 9.69. The van der Waals surface area contributed by atoms with Gasteiger partial charge in [-0.1, -0.05) is 6.07 Å². The van der Waals surface area contributed by atoms with Crippen LogP contribution in [0.1, 0.15) is 5.69 Å². The number of ether oxygens (including phenoxy) is 1. The van der Waals surface area contributed by atoms with Crippen LogP contribution in [0.4, 0.5) is 4.39 Å². The quantitative estimate of drug-likeness (QED) is 0.797. The van der Waals surface area contributed by atoms with Crippen LogP contribution in [0.25, 0.3) is 5.65 Å². The molecule has 3 aromatic rings. The Kier molecular flexibility index (Phi) is 3.42. The van der Waals surface area contributed by atoms with Gasteiger partial charge in [0.1, 0.15) is 22.9 Å². The minimum absolute atomic E-state index is 0.271. The predicted octanol–water partition coefficient (Wildman–Crippen LogP) is 3.49. The molecule has 20 heavy (non-hydrogen) atoms. The van der Waals surface area contributed by atoms with Crippen molar-refractivity contribution in [1.82, 2.24) is 9.38 Å². The summed E-state index contributed by atoms with van der Waals surface area (Å²) in [5, 5.41) is 0. The molecular formula is C14H11BrFN3O. The van der Waals surface area contributed by atoms with Crippen LogP contribution in [0, 0.1) is 5.82 Å². The van der Waals surface area contributed by atoms with Crippen LogP contribution < -0.4 is 10.5 Å². The zero-order valence-electron chi connectivity index (χ0n) is 10.4. The minimum Gasteiger partial charge on any atom is -0.436 e. The molecule has 0 amide bonds. The van der Waals surface area contributed by atoms with E-state index in [9.17, 15) is 4.39 Å². The second kappa shape index (κ2) is 5.22. The van der Waals surface area contributed by atoms with Crippen molar-refractivity contribution in [3.05, 3.63) is 58.6 Å². The van der Waals surface area contributed by atoms with Gasteiger partial charge in [0.15, 0.2) is 0 Å². The van der Waals surface area contributed by atoms with Crippen LogP contribution in [-0.2, 0) is 6.54 Å². The molecule has 0 spiro atoms. The maximum absolute atomic E-state index is 13.3. The van der Waals surface area contributed by atoms with Gasteiger partial charge in [-0.3, -0.25) is 4.40 Å². The van der Waals surface area contributed by atoms with Gasteiger partial charge in [-0.05, 0) is 40.2 Å². The molecule has 0 radical (unpaired) electrons. The second-order valence-corrected chi connectivity index (χ2v) is 5.03. The standard InChI is InChI=1S/C14H11BrFN3O/c15-10-5-4-9(16)7-12(10)20-14-11(8-17)19-6-2-1-3-13(19)18-14/h1-7H,8,17H2. The molecule has 3 rings (SSSR count). The van der Waals surface area contributed by atoms with E-state index in [1.54, 1.807) is 6.07 Å². The van der Waals surface area contributed by atoms with Crippen molar-refractivity contribution in [2.24, 2.45) is 5.73 Å². The monoisotopic (exact) mass is 335 g/mol.